The maximum absolute atomic E-state index is 13.6. The molecule has 40 heavy (non-hydrogen) atoms. The molecule has 0 aliphatic carbocycles. The second-order valence-corrected chi connectivity index (χ2v) is 10.3. The van der Waals surface area contributed by atoms with Gasteiger partial charge in [-0.2, -0.15) is 5.26 Å². The van der Waals surface area contributed by atoms with Crippen molar-refractivity contribution in [2.45, 2.75) is 24.1 Å². The second-order valence-electron chi connectivity index (χ2n) is 9.23. The lowest BCUT2D eigenvalue weighted by Crippen LogP contribution is -2.19. The number of hydrogen-bond acceptors (Lipinski definition) is 6. The largest absolute Gasteiger partial charge is 0.478 e. The molecule has 0 aliphatic rings. The van der Waals surface area contributed by atoms with E-state index in [2.05, 4.69) is 21.4 Å². The number of hydrogen-bond donors (Lipinski definition) is 2. The Morgan fingerprint density at radius 3 is 2.33 bits per heavy atom. The molecule has 0 saturated carbocycles. The van der Waals surface area contributed by atoms with E-state index in [4.69, 9.17) is 0 Å². The summed E-state index contributed by atoms with van der Waals surface area (Å²) in [6, 6.07) is 29.2. The molecule has 0 saturated heterocycles. The van der Waals surface area contributed by atoms with Gasteiger partial charge in [0.25, 0.3) is 0 Å². The third-order valence-electron chi connectivity index (χ3n) is 6.39. The number of pyridine rings is 2. The Balaban J connectivity index is 1.43. The van der Waals surface area contributed by atoms with Crippen LogP contribution in [0.2, 0.25) is 0 Å². The van der Waals surface area contributed by atoms with Crippen molar-refractivity contribution in [2.24, 2.45) is 0 Å². The molecular formula is C32H24N4O3S. The topological polar surface area (TPSA) is 116 Å². The summed E-state index contributed by atoms with van der Waals surface area (Å²) >= 11 is 1.24. The zero-order valence-electron chi connectivity index (χ0n) is 21.8. The number of amides is 1. The third-order valence-corrected chi connectivity index (χ3v) is 7.63. The minimum Gasteiger partial charge on any atom is -0.478 e. The lowest BCUT2D eigenvalue weighted by molar-refractivity contribution is -0.115. The van der Waals surface area contributed by atoms with Crippen LogP contribution in [0.25, 0.3) is 22.2 Å². The highest BCUT2D eigenvalue weighted by Gasteiger charge is 2.25. The summed E-state index contributed by atoms with van der Waals surface area (Å²) in [5.74, 6) is -1.28. The molecule has 5 aromatic rings. The van der Waals surface area contributed by atoms with E-state index in [0.29, 0.717) is 32.9 Å². The number of carboxylic acids is 1. The van der Waals surface area contributed by atoms with Gasteiger partial charge < -0.3 is 10.4 Å². The van der Waals surface area contributed by atoms with Crippen molar-refractivity contribution in [1.29, 1.82) is 5.26 Å². The molecule has 5 rings (SSSR count). The van der Waals surface area contributed by atoms with Crippen LogP contribution < -0.4 is 5.32 Å². The molecule has 0 spiro atoms. The zero-order chi connectivity index (χ0) is 28.2. The number of aromatic nitrogens is 2. The van der Waals surface area contributed by atoms with Crippen LogP contribution in [0.1, 0.15) is 38.0 Å². The lowest BCUT2D eigenvalue weighted by Gasteiger charge is -2.18. The first kappa shape index (κ1) is 26.6. The molecule has 1 amide bonds. The smallest absolute Gasteiger partial charge is 0.336 e. The SMILES string of the molecule is Cc1cc(C)c(C#N)c(SC(C(=O)Nc2ccc(-c3cc(C(=O)O)c4ccccc4n3)cc2)c2ccccc2)n1. The molecule has 8 heteroatoms. The van der Waals surface area contributed by atoms with Crippen LogP contribution in [0.3, 0.4) is 0 Å². The lowest BCUT2D eigenvalue weighted by atomic mass is 10.0. The Bertz CT molecular complexity index is 1780. The molecule has 7 nitrogen and oxygen atoms in total. The first-order valence-corrected chi connectivity index (χ1v) is 13.4. The van der Waals surface area contributed by atoms with E-state index in [1.165, 1.54) is 11.8 Å². The van der Waals surface area contributed by atoms with Gasteiger partial charge in [0.2, 0.25) is 5.91 Å². The molecule has 0 fully saturated rings. The van der Waals surface area contributed by atoms with E-state index < -0.39 is 11.2 Å². The average Bonchev–Trinajstić information content (AvgIpc) is 2.95. The molecule has 1 atom stereocenters. The monoisotopic (exact) mass is 544 g/mol. The van der Waals surface area contributed by atoms with E-state index in [1.807, 2.05) is 56.3 Å². The Kier molecular flexibility index (Phi) is 7.58. The first-order valence-electron chi connectivity index (χ1n) is 12.5. The number of carboxylic acid groups (broad SMARTS) is 1. The van der Waals surface area contributed by atoms with E-state index in [9.17, 15) is 20.0 Å². The normalized spacial score (nSPS) is 11.5. The molecule has 196 valence electrons. The predicted molar refractivity (Wildman–Crippen MR) is 156 cm³/mol. The maximum atomic E-state index is 13.6. The molecule has 0 radical (unpaired) electrons. The number of nitrogens with zero attached hydrogens (tertiary/aromatic N) is 3. The number of nitrogens with one attached hydrogen (secondary N) is 1. The van der Waals surface area contributed by atoms with Crippen molar-refractivity contribution in [2.75, 3.05) is 5.32 Å². The average molecular weight is 545 g/mol. The second kappa shape index (κ2) is 11.4. The number of rotatable bonds is 7. The molecule has 1 unspecified atom stereocenters. The molecule has 0 bridgehead atoms. The number of carbonyl (C=O) groups excluding carboxylic acids is 1. The van der Waals surface area contributed by atoms with Gasteiger partial charge in [-0.25, -0.2) is 14.8 Å². The van der Waals surface area contributed by atoms with Crippen molar-refractivity contribution in [3.05, 3.63) is 119 Å². The van der Waals surface area contributed by atoms with Gasteiger partial charge in [0.15, 0.2) is 0 Å². The van der Waals surface area contributed by atoms with Crippen LogP contribution >= 0.6 is 11.8 Å². The maximum Gasteiger partial charge on any atom is 0.336 e. The van der Waals surface area contributed by atoms with Gasteiger partial charge in [-0.05, 0) is 55.3 Å². The minimum atomic E-state index is -1.02. The van der Waals surface area contributed by atoms with Gasteiger partial charge in [0.05, 0.1) is 22.3 Å². The summed E-state index contributed by atoms with van der Waals surface area (Å²) in [4.78, 5) is 34.6. The van der Waals surface area contributed by atoms with Crippen molar-refractivity contribution in [1.82, 2.24) is 9.97 Å². The van der Waals surface area contributed by atoms with E-state index >= 15 is 0 Å². The van der Waals surface area contributed by atoms with Gasteiger partial charge in [-0.1, -0.05) is 72.4 Å². The number of benzene rings is 3. The van der Waals surface area contributed by atoms with Crippen molar-refractivity contribution in [3.8, 4) is 17.3 Å². The van der Waals surface area contributed by atoms with Crippen molar-refractivity contribution < 1.29 is 14.7 Å². The van der Waals surface area contributed by atoms with Crippen LogP contribution in [-0.4, -0.2) is 27.0 Å². The minimum absolute atomic E-state index is 0.178. The Labute approximate surface area is 235 Å². The Hall–Kier alpha value is -5.00. The van der Waals surface area contributed by atoms with Crippen molar-refractivity contribution in [3.63, 3.8) is 0 Å². The summed E-state index contributed by atoms with van der Waals surface area (Å²) in [7, 11) is 0. The number of anilines is 1. The number of fused-ring (bicyclic) bond motifs is 1. The van der Waals surface area contributed by atoms with Gasteiger partial charge in [0.1, 0.15) is 16.3 Å². The van der Waals surface area contributed by atoms with E-state index in [-0.39, 0.29) is 11.5 Å². The molecule has 2 N–H and O–H groups in total. The van der Waals surface area contributed by atoms with Crippen LogP contribution in [0.5, 0.6) is 0 Å². The van der Waals surface area contributed by atoms with Gasteiger partial charge in [-0.15, -0.1) is 0 Å². The standard InChI is InChI=1S/C32H24N4O3S/c1-19-16-20(2)34-31(26(19)18-33)40-29(22-8-4-3-5-9-22)30(37)35-23-14-12-21(13-15-23)28-17-25(32(38)39)24-10-6-7-11-27(24)36-28/h3-17,29H,1-2H3,(H,35,37)(H,38,39). The third kappa shape index (κ3) is 5.55. The van der Waals surface area contributed by atoms with E-state index in [1.54, 1.807) is 48.5 Å². The zero-order valence-corrected chi connectivity index (χ0v) is 22.6. The number of aryl methyl sites for hydroxylation is 2. The van der Waals surface area contributed by atoms with Crippen LogP contribution in [0.15, 0.2) is 96.0 Å². The molecular weight excluding hydrogens is 520 g/mol. The fraction of sp³-hybridized carbons (Fsp3) is 0.0938. The summed E-state index contributed by atoms with van der Waals surface area (Å²) in [6.07, 6.45) is 0. The number of aromatic carboxylic acids is 1. The molecule has 2 heterocycles. The Morgan fingerprint density at radius 2 is 1.62 bits per heavy atom. The van der Waals surface area contributed by atoms with E-state index in [0.717, 1.165) is 22.4 Å². The fourth-order valence-corrected chi connectivity index (χ4v) is 5.67. The highest BCUT2D eigenvalue weighted by Crippen LogP contribution is 2.38. The predicted octanol–water partition coefficient (Wildman–Crippen LogP) is 6.96. The molecule has 0 aliphatic heterocycles. The van der Waals surface area contributed by atoms with Crippen molar-refractivity contribution >= 4 is 40.2 Å². The van der Waals surface area contributed by atoms with Crippen LogP contribution in [-0.2, 0) is 4.79 Å². The van der Waals surface area contributed by atoms with Gasteiger partial charge >= 0.3 is 5.97 Å². The highest BCUT2D eigenvalue weighted by molar-refractivity contribution is 8.00. The van der Waals surface area contributed by atoms with Crippen LogP contribution in [0, 0.1) is 25.2 Å². The quantitative estimate of drug-likeness (QED) is 0.213. The summed E-state index contributed by atoms with van der Waals surface area (Å²) < 4.78 is 0. The summed E-state index contributed by atoms with van der Waals surface area (Å²) in [6.45, 7) is 3.72. The molecule has 3 aromatic carbocycles. The number of carbonyl (C=O) groups is 2. The van der Waals surface area contributed by atoms with Crippen LogP contribution in [0.4, 0.5) is 5.69 Å². The summed E-state index contributed by atoms with van der Waals surface area (Å²) in [5, 5.41) is 22.9. The first-order chi connectivity index (χ1) is 19.3. The Morgan fingerprint density at radius 1 is 0.925 bits per heavy atom. The summed E-state index contributed by atoms with van der Waals surface area (Å²) in [5.41, 5.74) is 5.42. The fourth-order valence-electron chi connectivity index (χ4n) is 4.47. The molecule has 2 aromatic heterocycles. The van der Waals surface area contributed by atoms with Gasteiger partial charge in [-0.3, -0.25) is 4.79 Å². The highest BCUT2D eigenvalue weighted by atomic mass is 32.2. The van der Waals surface area contributed by atoms with Gasteiger partial charge in [0, 0.05) is 22.3 Å². The number of thioether (sulfide) groups is 1. The number of para-hydroxylation sites is 1. The number of nitriles is 1.